The summed E-state index contributed by atoms with van der Waals surface area (Å²) >= 11 is 0. The lowest BCUT2D eigenvalue weighted by molar-refractivity contribution is -0.144. The predicted octanol–water partition coefficient (Wildman–Crippen LogP) is 1.91. The molecule has 3 aliphatic rings. The summed E-state index contributed by atoms with van der Waals surface area (Å²) in [6.45, 7) is 5.65. The maximum atomic E-state index is 12.8. The molecule has 2 amide bonds. The molecule has 27 heavy (non-hydrogen) atoms. The average Bonchev–Trinajstić information content (AvgIpc) is 3.19. The van der Waals surface area contributed by atoms with Gasteiger partial charge in [-0.1, -0.05) is 6.07 Å². The third kappa shape index (κ3) is 4.32. The lowest BCUT2D eigenvalue weighted by Crippen LogP contribution is -2.55. The Kier molecular flexibility index (Phi) is 5.43. The summed E-state index contributed by atoms with van der Waals surface area (Å²) in [5, 5.41) is 0. The van der Waals surface area contributed by atoms with Gasteiger partial charge in [0.2, 0.25) is 11.8 Å². The Morgan fingerprint density at radius 2 is 1.93 bits per heavy atom. The van der Waals surface area contributed by atoms with E-state index in [1.165, 1.54) is 12.8 Å². The summed E-state index contributed by atoms with van der Waals surface area (Å²) in [6.07, 6.45) is 7.82. The van der Waals surface area contributed by atoms with Crippen molar-refractivity contribution in [2.75, 3.05) is 39.3 Å². The van der Waals surface area contributed by atoms with Crippen molar-refractivity contribution < 1.29 is 9.59 Å². The zero-order valence-electron chi connectivity index (χ0n) is 16.1. The Hall–Kier alpha value is -1.95. The predicted molar refractivity (Wildman–Crippen MR) is 103 cm³/mol. The van der Waals surface area contributed by atoms with Crippen LogP contribution in [0.5, 0.6) is 0 Å². The largest absolute Gasteiger partial charge is 0.341 e. The van der Waals surface area contributed by atoms with E-state index in [1.807, 2.05) is 23.1 Å². The molecule has 4 heterocycles. The highest BCUT2D eigenvalue weighted by molar-refractivity contribution is 5.79. The highest BCUT2D eigenvalue weighted by Crippen LogP contribution is 2.39. The third-order valence-electron chi connectivity index (χ3n) is 6.40. The lowest BCUT2D eigenvalue weighted by Gasteiger charge is -2.48. The van der Waals surface area contributed by atoms with Crippen LogP contribution < -0.4 is 0 Å². The Morgan fingerprint density at radius 3 is 2.70 bits per heavy atom. The molecule has 0 aromatic carbocycles. The monoisotopic (exact) mass is 370 g/mol. The van der Waals surface area contributed by atoms with Crippen molar-refractivity contribution in [1.29, 1.82) is 0 Å². The second-order valence-corrected chi connectivity index (χ2v) is 8.47. The number of rotatable bonds is 4. The molecule has 4 rings (SSSR count). The highest BCUT2D eigenvalue weighted by Gasteiger charge is 2.42. The number of carbonyl (C=O) groups is 2. The van der Waals surface area contributed by atoms with Crippen molar-refractivity contribution in [1.82, 2.24) is 19.7 Å². The fourth-order valence-corrected chi connectivity index (χ4v) is 4.92. The molecule has 1 atom stereocenters. The van der Waals surface area contributed by atoms with Crippen LogP contribution in [0.25, 0.3) is 0 Å². The van der Waals surface area contributed by atoms with Crippen molar-refractivity contribution in [3.8, 4) is 0 Å². The molecule has 3 fully saturated rings. The van der Waals surface area contributed by atoms with E-state index < -0.39 is 0 Å². The van der Waals surface area contributed by atoms with Crippen LogP contribution in [0.1, 0.15) is 44.2 Å². The number of carbonyl (C=O) groups excluding carboxylic acids is 2. The van der Waals surface area contributed by atoms with Crippen molar-refractivity contribution >= 4 is 11.8 Å². The first-order valence-electron chi connectivity index (χ1n) is 10.3. The van der Waals surface area contributed by atoms with Gasteiger partial charge >= 0.3 is 0 Å². The average molecular weight is 370 g/mol. The molecule has 1 spiro atoms. The minimum atomic E-state index is 0.0572. The van der Waals surface area contributed by atoms with Gasteiger partial charge in [-0.05, 0) is 57.3 Å². The molecule has 0 N–H and O–H groups in total. The van der Waals surface area contributed by atoms with Gasteiger partial charge in [0.15, 0.2) is 0 Å². The van der Waals surface area contributed by atoms with Gasteiger partial charge in [0.05, 0.1) is 18.8 Å². The smallest absolute Gasteiger partial charge is 0.236 e. The number of hydrogen-bond donors (Lipinski definition) is 0. The molecule has 0 bridgehead atoms. The van der Waals surface area contributed by atoms with E-state index >= 15 is 0 Å². The topological polar surface area (TPSA) is 56.8 Å². The Morgan fingerprint density at radius 1 is 1.07 bits per heavy atom. The summed E-state index contributed by atoms with van der Waals surface area (Å²) in [7, 11) is 0. The van der Waals surface area contributed by atoms with Gasteiger partial charge in [-0.25, -0.2) is 0 Å². The molecule has 1 unspecified atom stereocenters. The zero-order valence-corrected chi connectivity index (χ0v) is 16.1. The zero-order chi connectivity index (χ0) is 18.7. The van der Waals surface area contributed by atoms with Gasteiger partial charge < -0.3 is 9.80 Å². The summed E-state index contributed by atoms with van der Waals surface area (Å²) in [4.78, 5) is 36.0. The Balaban J connectivity index is 1.40. The SMILES string of the molecule is O=C(CN1CCCC1)N1CCCC2(CCC(=O)N(Cc3ccccn3)C2)C1. The summed E-state index contributed by atoms with van der Waals surface area (Å²) in [5.74, 6) is 0.482. The second kappa shape index (κ2) is 7.97. The van der Waals surface area contributed by atoms with E-state index in [2.05, 4.69) is 14.8 Å². The number of pyridine rings is 1. The molecule has 6 heteroatoms. The van der Waals surface area contributed by atoms with Crippen LogP contribution in [0.4, 0.5) is 0 Å². The van der Waals surface area contributed by atoms with E-state index in [0.717, 1.165) is 57.7 Å². The fraction of sp³-hybridized carbons (Fsp3) is 0.667. The summed E-state index contributed by atoms with van der Waals surface area (Å²) in [5.41, 5.74) is 0.988. The third-order valence-corrected chi connectivity index (χ3v) is 6.40. The van der Waals surface area contributed by atoms with Gasteiger partial charge in [0, 0.05) is 37.7 Å². The Labute approximate surface area is 161 Å². The number of aromatic nitrogens is 1. The molecule has 146 valence electrons. The van der Waals surface area contributed by atoms with E-state index in [9.17, 15) is 9.59 Å². The quantitative estimate of drug-likeness (QED) is 0.812. The molecule has 3 aliphatic heterocycles. The highest BCUT2D eigenvalue weighted by atomic mass is 16.2. The molecule has 3 saturated heterocycles. The van der Waals surface area contributed by atoms with E-state index in [-0.39, 0.29) is 17.2 Å². The molecule has 1 aromatic heterocycles. The van der Waals surface area contributed by atoms with Gasteiger partial charge in [-0.15, -0.1) is 0 Å². The van der Waals surface area contributed by atoms with Crippen LogP contribution in [0.15, 0.2) is 24.4 Å². The van der Waals surface area contributed by atoms with Crippen LogP contribution in [0.2, 0.25) is 0 Å². The summed E-state index contributed by atoms with van der Waals surface area (Å²) < 4.78 is 0. The van der Waals surface area contributed by atoms with Crippen LogP contribution in [-0.4, -0.2) is 70.8 Å². The summed E-state index contributed by atoms with van der Waals surface area (Å²) in [6, 6.07) is 5.83. The number of amides is 2. The number of likely N-dealkylation sites (tertiary alicyclic amines) is 3. The molecule has 1 aromatic rings. The molecule has 0 radical (unpaired) electrons. The first-order chi connectivity index (χ1) is 13.1. The van der Waals surface area contributed by atoms with Crippen LogP contribution in [-0.2, 0) is 16.1 Å². The van der Waals surface area contributed by atoms with Crippen molar-refractivity contribution in [3.63, 3.8) is 0 Å². The van der Waals surface area contributed by atoms with Crippen LogP contribution >= 0.6 is 0 Å². The first kappa shape index (κ1) is 18.4. The minimum Gasteiger partial charge on any atom is -0.341 e. The molecule has 0 saturated carbocycles. The van der Waals surface area contributed by atoms with Gasteiger partial charge in [-0.3, -0.25) is 19.5 Å². The van der Waals surface area contributed by atoms with E-state index in [4.69, 9.17) is 0 Å². The van der Waals surface area contributed by atoms with Gasteiger partial charge in [0.25, 0.3) is 0 Å². The number of nitrogens with zero attached hydrogens (tertiary/aromatic N) is 4. The maximum Gasteiger partial charge on any atom is 0.236 e. The molecule has 6 nitrogen and oxygen atoms in total. The fourth-order valence-electron chi connectivity index (χ4n) is 4.92. The second-order valence-electron chi connectivity index (χ2n) is 8.47. The van der Waals surface area contributed by atoms with Crippen LogP contribution in [0.3, 0.4) is 0 Å². The van der Waals surface area contributed by atoms with Crippen molar-refractivity contribution in [2.24, 2.45) is 5.41 Å². The van der Waals surface area contributed by atoms with Crippen molar-refractivity contribution in [2.45, 2.75) is 45.1 Å². The minimum absolute atomic E-state index is 0.0572. The van der Waals surface area contributed by atoms with E-state index in [1.54, 1.807) is 6.20 Å². The molecule has 0 aliphatic carbocycles. The molecular weight excluding hydrogens is 340 g/mol. The normalized spacial score (nSPS) is 26.7. The van der Waals surface area contributed by atoms with Crippen molar-refractivity contribution in [3.05, 3.63) is 30.1 Å². The number of hydrogen-bond acceptors (Lipinski definition) is 4. The van der Waals surface area contributed by atoms with Gasteiger partial charge in [-0.2, -0.15) is 0 Å². The van der Waals surface area contributed by atoms with Crippen LogP contribution in [0, 0.1) is 5.41 Å². The van der Waals surface area contributed by atoms with Gasteiger partial charge in [0.1, 0.15) is 0 Å². The molecular formula is C21H30N4O2. The van der Waals surface area contributed by atoms with E-state index in [0.29, 0.717) is 19.5 Å². The first-order valence-corrected chi connectivity index (χ1v) is 10.3. The standard InChI is InChI=1S/C21H30N4O2/c26-19-7-9-21(17-25(19)14-18-6-1-2-10-22-18)8-5-13-24(16-21)20(27)15-23-11-3-4-12-23/h1-2,6,10H,3-5,7-9,11-17H2. The maximum absolute atomic E-state index is 12.8. The lowest BCUT2D eigenvalue weighted by atomic mass is 9.73. The number of piperidine rings is 2. The Bertz CT molecular complexity index is 674.